The number of nitrogens with zero attached hydrogens (tertiary/aromatic N) is 1. The first-order chi connectivity index (χ1) is 5.83. The molecule has 0 saturated heterocycles. The van der Waals surface area contributed by atoms with Gasteiger partial charge in [-0.2, -0.15) is 0 Å². The molecule has 1 N–H and O–H groups in total. The van der Waals surface area contributed by atoms with Gasteiger partial charge in [0.25, 0.3) is 0 Å². The van der Waals surface area contributed by atoms with E-state index in [0.29, 0.717) is 6.61 Å². The molecule has 1 aromatic rings. The summed E-state index contributed by atoms with van der Waals surface area (Å²) in [6.07, 6.45) is 3.53. The van der Waals surface area contributed by atoms with Gasteiger partial charge in [-0.3, -0.25) is 4.98 Å². The molecule has 3 nitrogen and oxygen atoms in total. The van der Waals surface area contributed by atoms with Crippen molar-refractivity contribution < 1.29 is 4.74 Å². The van der Waals surface area contributed by atoms with Gasteiger partial charge in [-0.15, -0.1) is 0 Å². The Balaban J connectivity index is 2.41. The molecule has 0 aliphatic heterocycles. The fourth-order valence-corrected chi connectivity index (χ4v) is 1.17. The highest BCUT2D eigenvalue weighted by Gasteiger charge is 1.92. The molecule has 0 unspecified atom stereocenters. The molecule has 0 fully saturated rings. The van der Waals surface area contributed by atoms with E-state index in [1.807, 2.05) is 6.07 Å². The number of nitrogens with one attached hydrogen (secondary N) is 1. The van der Waals surface area contributed by atoms with Crippen molar-refractivity contribution in [3.05, 3.63) is 22.9 Å². The van der Waals surface area contributed by atoms with Crippen LogP contribution in [0.3, 0.4) is 0 Å². The lowest BCUT2D eigenvalue weighted by Gasteiger charge is -2.04. The Labute approximate surface area is 80.3 Å². The molecule has 0 bridgehead atoms. The summed E-state index contributed by atoms with van der Waals surface area (Å²) in [5.74, 6) is 0. The topological polar surface area (TPSA) is 34.1 Å². The molecule has 0 atom stereocenters. The van der Waals surface area contributed by atoms with E-state index in [1.54, 1.807) is 19.5 Å². The van der Waals surface area contributed by atoms with Crippen LogP contribution in [0, 0.1) is 0 Å². The molecule has 0 amide bonds. The number of anilines is 1. The number of ether oxygens (including phenoxy) is 1. The quantitative estimate of drug-likeness (QED) is 0.803. The zero-order valence-electron chi connectivity index (χ0n) is 6.88. The molecule has 0 spiro atoms. The van der Waals surface area contributed by atoms with Gasteiger partial charge in [0, 0.05) is 24.3 Å². The van der Waals surface area contributed by atoms with E-state index in [9.17, 15) is 0 Å². The largest absolute Gasteiger partial charge is 0.383 e. The van der Waals surface area contributed by atoms with Crippen LogP contribution >= 0.6 is 15.9 Å². The highest BCUT2D eigenvalue weighted by molar-refractivity contribution is 9.10. The van der Waals surface area contributed by atoms with Crippen LogP contribution in [0.2, 0.25) is 0 Å². The van der Waals surface area contributed by atoms with Crippen LogP contribution in [0.1, 0.15) is 0 Å². The average molecular weight is 231 g/mol. The van der Waals surface area contributed by atoms with Gasteiger partial charge in [0.2, 0.25) is 0 Å². The summed E-state index contributed by atoms with van der Waals surface area (Å²) in [5, 5.41) is 3.17. The number of aromatic nitrogens is 1. The summed E-state index contributed by atoms with van der Waals surface area (Å²) >= 11 is 3.34. The molecular formula is C8H11BrN2O. The zero-order chi connectivity index (χ0) is 8.81. The Morgan fingerprint density at radius 3 is 3.08 bits per heavy atom. The fraction of sp³-hybridized carbons (Fsp3) is 0.375. The highest BCUT2D eigenvalue weighted by atomic mass is 79.9. The van der Waals surface area contributed by atoms with Crippen molar-refractivity contribution in [1.29, 1.82) is 0 Å². The van der Waals surface area contributed by atoms with E-state index < -0.39 is 0 Å². The highest BCUT2D eigenvalue weighted by Crippen LogP contribution is 2.12. The number of halogens is 1. The molecule has 0 radical (unpaired) electrons. The maximum Gasteiger partial charge on any atom is 0.0635 e. The van der Waals surface area contributed by atoms with Crippen molar-refractivity contribution in [1.82, 2.24) is 4.98 Å². The first-order valence-corrected chi connectivity index (χ1v) is 4.45. The lowest BCUT2D eigenvalue weighted by Crippen LogP contribution is -2.07. The van der Waals surface area contributed by atoms with Crippen molar-refractivity contribution in [2.75, 3.05) is 25.6 Å². The van der Waals surface area contributed by atoms with Gasteiger partial charge in [-0.25, -0.2) is 0 Å². The second-order valence-corrected chi connectivity index (χ2v) is 3.23. The van der Waals surface area contributed by atoms with Crippen LogP contribution in [0.15, 0.2) is 22.9 Å². The number of hydrogen-bond donors (Lipinski definition) is 1. The van der Waals surface area contributed by atoms with Gasteiger partial charge >= 0.3 is 0 Å². The molecule has 4 heteroatoms. The van der Waals surface area contributed by atoms with Gasteiger partial charge in [0.05, 0.1) is 18.5 Å². The maximum atomic E-state index is 4.90. The number of hydrogen-bond acceptors (Lipinski definition) is 3. The molecule has 1 heterocycles. The lowest BCUT2D eigenvalue weighted by atomic mass is 10.4. The first-order valence-electron chi connectivity index (χ1n) is 3.66. The number of pyridine rings is 1. The Kier molecular flexibility index (Phi) is 4.04. The lowest BCUT2D eigenvalue weighted by molar-refractivity contribution is 0.211. The van der Waals surface area contributed by atoms with Crippen molar-refractivity contribution in [2.24, 2.45) is 0 Å². The second-order valence-electron chi connectivity index (χ2n) is 2.31. The van der Waals surface area contributed by atoms with E-state index in [0.717, 1.165) is 16.7 Å². The van der Waals surface area contributed by atoms with Crippen LogP contribution < -0.4 is 5.32 Å². The van der Waals surface area contributed by atoms with Crippen LogP contribution in [0.4, 0.5) is 5.69 Å². The van der Waals surface area contributed by atoms with Gasteiger partial charge in [0.15, 0.2) is 0 Å². The summed E-state index contributed by atoms with van der Waals surface area (Å²) in [6.45, 7) is 1.50. The Morgan fingerprint density at radius 2 is 2.42 bits per heavy atom. The smallest absolute Gasteiger partial charge is 0.0635 e. The van der Waals surface area contributed by atoms with Crippen LogP contribution in [-0.2, 0) is 4.74 Å². The standard InChI is InChI=1S/C8H11BrN2O/c1-12-3-2-11-8-4-7(9)5-10-6-8/h4-6,11H,2-3H2,1H3. The second kappa shape index (κ2) is 5.11. The van der Waals surface area contributed by atoms with Crippen molar-refractivity contribution in [3.8, 4) is 0 Å². The molecule has 1 rings (SSSR count). The monoisotopic (exact) mass is 230 g/mol. The van der Waals surface area contributed by atoms with Gasteiger partial charge in [0.1, 0.15) is 0 Å². The molecule has 0 saturated carbocycles. The Hall–Kier alpha value is -0.610. The number of rotatable bonds is 4. The number of methoxy groups -OCH3 is 1. The summed E-state index contributed by atoms with van der Waals surface area (Å²) in [7, 11) is 1.68. The predicted octanol–water partition coefficient (Wildman–Crippen LogP) is 1.90. The summed E-state index contributed by atoms with van der Waals surface area (Å²) in [6, 6.07) is 1.97. The summed E-state index contributed by atoms with van der Waals surface area (Å²) in [5.41, 5.74) is 1.00. The van der Waals surface area contributed by atoms with E-state index in [-0.39, 0.29) is 0 Å². The maximum absolute atomic E-state index is 4.90. The van der Waals surface area contributed by atoms with E-state index in [2.05, 4.69) is 26.2 Å². The third-order valence-corrected chi connectivity index (χ3v) is 1.77. The SMILES string of the molecule is COCCNc1cncc(Br)c1. The van der Waals surface area contributed by atoms with E-state index in [4.69, 9.17) is 4.74 Å². The minimum atomic E-state index is 0.701. The minimum absolute atomic E-state index is 0.701. The average Bonchev–Trinajstić information content (AvgIpc) is 2.05. The molecule has 66 valence electrons. The normalized spacial score (nSPS) is 9.83. The molecule has 1 aromatic heterocycles. The van der Waals surface area contributed by atoms with Crippen LogP contribution in [0.25, 0.3) is 0 Å². The molecule has 0 aliphatic carbocycles. The molecular weight excluding hydrogens is 220 g/mol. The fourth-order valence-electron chi connectivity index (χ4n) is 0.806. The predicted molar refractivity (Wildman–Crippen MR) is 52.3 cm³/mol. The van der Waals surface area contributed by atoms with Crippen molar-refractivity contribution >= 4 is 21.6 Å². The van der Waals surface area contributed by atoms with Gasteiger partial charge in [-0.05, 0) is 22.0 Å². The van der Waals surface area contributed by atoms with E-state index in [1.165, 1.54) is 0 Å². The molecule has 12 heavy (non-hydrogen) atoms. The Morgan fingerprint density at radius 1 is 1.58 bits per heavy atom. The van der Waals surface area contributed by atoms with Crippen LogP contribution in [-0.4, -0.2) is 25.2 Å². The third kappa shape index (κ3) is 3.19. The third-order valence-electron chi connectivity index (χ3n) is 1.34. The van der Waals surface area contributed by atoms with Crippen molar-refractivity contribution in [3.63, 3.8) is 0 Å². The van der Waals surface area contributed by atoms with Crippen LogP contribution in [0.5, 0.6) is 0 Å². The van der Waals surface area contributed by atoms with Gasteiger partial charge in [-0.1, -0.05) is 0 Å². The Bertz CT molecular complexity index is 242. The molecule has 0 aliphatic rings. The summed E-state index contributed by atoms with van der Waals surface area (Å²) < 4.78 is 5.88. The van der Waals surface area contributed by atoms with Crippen molar-refractivity contribution in [2.45, 2.75) is 0 Å². The molecule has 0 aromatic carbocycles. The van der Waals surface area contributed by atoms with E-state index >= 15 is 0 Å². The first kappa shape index (κ1) is 9.48. The van der Waals surface area contributed by atoms with Gasteiger partial charge < -0.3 is 10.1 Å². The zero-order valence-corrected chi connectivity index (χ0v) is 8.47. The minimum Gasteiger partial charge on any atom is -0.383 e. The summed E-state index contributed by atoms with van der Waals surface area (Å²) in [4.78, 5) is 4.01.